The minimum absolute atomic E-state index is 0.342. The summed E-state index contributed by atoms with van der Waals surface area (Å²) in [6, 6.07) is 4.78. The van der Waals surface area contributed by atoms with Gasteiger partial charge in [0.2, 0.25) is 0 Å². The van der Waals surface area contributed by atoms with Gasteiger partial charge < -0.3 is 11.5 Å². The number of aromatic nitrogens is 2. The fourth-order valence-corrected chi connectivity index (χ4v) is 1.61. The van der Waals surface area contributed by atoms with Crippen LogP contribution in [0.1, 0.15) is 0 Å². The van der Waals surface area contributed by atoms with Gasteiger partial charge in [0.05, 0.1) is 35.2 Å². The van der Waals surface area contributed by atoms with E-state index in [1.807, 2.05) is 0 Å². The number of hydrogen-bond acceptors (Lipinski definition) is 6. The Morgan fingerprint density at radius 1 is 0.773 bits per heavy atom. The SMILES string of the molecule is NC(=O)N(N)c1ccc(-c2ccc(N(N)C(N)=O)cn2)nc1. The van der Waals surface area contributed by atoms with Crippen LogP contribution in [0.4, 0.5) is 21.0 Å². The van der Waals surface area contributed by atoms with Crippen LogP contribution in [0.2, 0.25) is 0 Å². The highest BCUT2D eigenvalue weighted by atomic mass is 16.2. The van der Waals surface area contributed by atoms with Gasteiger partial charge in [-0.1, -0.05) is 0 Å². The number of amides is 4. The molecule has 0 bridgehead atoms. The monoisotopic (exact) mass is 302 g/mol. The largest absolute Gasteiger partial charge is 0.350 e. The van der Waals surface area contributed by atoms with Crippen LogP contribution >= 0.6 is 0 Å². The van der Waals surface area contributed by atoms with E-state index in [1.54, 1.807) is 24.3 Å². The van der Waals surface area contributed by atoms with E-state index in [2.05, 4.69) is 9.97 Å². The Labute approximate surface area is 125 Å². The molecule has 2 aromatic rings. The second kappa shape index (κ2) is 6.03. The molecule has 0 unspecified atom stereocenters. The molecule has 2 rings (SSSR count). The average molecular weight is 302 g/mol. The third-order valence-electron chi connectivity index (χ3n) is 2.79. The first-order valence-corrected chi connectivity index (χ1v) is 6.01. The van der Waals surface area contributed by atoms with E-state index in [9.17, 15) is 9.59 Å². The van der Waals surface area contributed by atoms with Gasteiger partial charge in [-0.15, -0.1) is 0 Å². The van der Waals surface area contributed by atoms with Crippen molar-refractivity contribution in [2.45, 2.75) is 0 Å². The second-order valence-electron chi connectivity index (χ2n) is 4.22. The molecular weight excluding hydrogens is 288 g/mol. The summed E-state index contributed by atoms with van der Waals surface area (Å²) >= 11 is 0. The molecule has 0 aromatic carbocycles. The smallest absolute Gasteiger partial charge is 0.333 e. The first-order chi connectivity index (χ1) is 10.4. The highest BCUT2D eigenvalue weighted by Crippen LogP contribution is 2.19. The average Bonchev–Trinajstić information content (AvgIpc) is 2.53. The van der Waals surface area contributed by atoms with Crippen molar-refractivity contribution in [3.63, 3.8) is 0 Å². The summed E-state index contributed by atoms with van der Waals surface area (Å²) in [6.07, 6.45) is 2.77. The van der Waals surface area contributed by atoms with Crippen LogP contribution in [0.25, 0.3) is 11.4 Å². The zero-order chi connectivity index (χ0) is 16.3. The lowest BCUT2D eigenvalue weighted by Gasteiger charge is -2.14. The number of carbonyl (C=O) groups is 2. The third kappa shape index (κ3) is 3.08. The molecular formula is C12H14N8O2. The van der Waals surface area contributed by atoms with Crippen molar-refractivity contribution < 1.29 is 9.59 Å². The van der Waals surface area contributed by atoms with Crippen molar-refractivity contribution in [3.05, 3.63) is 36.7 Å². The van der Waals surface area contributed by atoms with E-state index in [1.165, 1.54) is 12.4 Å². The molecule has 8 N–H and O–H groups in total. The molecule has 0 radical (unpaired) electrons. The zero-order valence-electron chi connectivity index (χ0n) is 11.4. The Morgan fingerprint density at radius 3 is 1.36 bits per heavy atom. The second-order valence-corrected chi connectivity index (χ2v) is 4.22. The highest BCUT2D eigenvalue weighted by Gasteiger charge is 2.10. The van der Waals surface area contributed by atoms with Crippen molar-refractivity contribution in [1.82, 2.24) is 9.97 Å². The number of carbonyl (C=O) groups excluding carboxylic acids is 2. The molecule has 10 nitrogen and oxygen atoms in total. The number of nitrogens with zero attached hydrogens (tertiary/aromatic N) is 4. The molecule has 0 atom stereocenters. The van der Waals surface area contributed by atoms with E-state index < -0.39 is 12.1 Å². The van der Waals surface area contributed by atoms with E-state index in [0.717, 1.165) is 10.0 Å². The highest BCUT2D eigenvalue weighted by molar-refractivity contribution is 5.90. The molecule has 114 valence electrons. The Bertz CT molecular complexity index is 624. The predicted molar refractivity (Wildman–Crippen MR) is 80.0 cm³/mol. The molecule has 0 saturated heterocycles. The maximum atomic E-state index is 10.9. The van der Waals surface area contributed by atoms with E-state index >= 15 is 0 Å². The van der Waals surface area contributed by atoms with Crippen molar-refractivity contribution in [1.29, 1.82) is 0 Å². The number of rotatable bonds is 3. The molecule has 0 spiro atoms. The normalized spacial score (nSPS) is 10.1. The van der Waals surface area contributed by atoms with Gasteiger partial charge in [-0.3, -0.25) is 9.97 Å². The number of primary amides is 2. The van der Waals surface area contributed by atoms with Gasteiger partial charge in [0.15, 0.2) is 0 Å². The fourth-order valence-electron chi connectivity index (χ4n) is 1.61. The quantitative estimate of drug-likeness (QED) is 0.343. The summed E-state index contributed by atoms with van der Waals surface area (Å²) in [5.41, 5.74) is 11.9. The summed E-state index contributed by atoms with van der Waals surface area (Å²) in [4.78, 5) is 30.1. The Morgan fingerprint density at radius 2 is 1.14 bits per heavy atom. The molecule has 0 saturated carbocycles. The van der Waals surface area contributed by atoms with Crippen LogP contribution < -0.4 is 33.2 Å². The Kier molecular flexibility index (Phi) is 4.15. The predicted octanol–water partition coefficient (Wildman–Crippen LogP) is -0.339. The molecule has 0 aliphatic heterocycles. The van der Waals surface area contributed by atoms with Crippen LogP contribution in [0.5, 0.6) is 0 Å². The summed E-state index contributed by atoms with van der Waals surface area (Å²) in [6.45, 7) is 0. The van der Waals surface area contributed by atoms with Crippen molar-refractivity contribution in [2.75, 3.05) is 10.0 Å². The lowest BCUT2D eigenvalue weighted by atomic mass is 10.2. The number of nitrogens with two attached hydrogens (primary N) is 4. The maximum Gasteiger partial charge on any atom is 0.333 e. The topological polar surface area (TPSA) is 170 Å². The van der Waals surface area contributed by atoms with Gasteiger partial charge in [-0.05, 0) is 24.3 Å². The van der Waals surface area contributed by atoms with Crippen LogP contribution in [-0.4, -0.2) is 22.0 Å². The maximum absolute atomic E-state index is 10.9. The number of hydrogen-bond donors (Lipinski definition) is 4. The van der Waals surface area contributed by atoms with Gasteiger partial charge >= 0.3 is 12.1 Å². The Hall–Kier alpha value is -3.24. The van der Waals surface area contributed by atoms with Crippen LogP contribution in [0.3, 0.4) is 0 Å². The van der Waals surface area contributed by atoms with E-state index in [-0.39, 0.29) is 0 Å². The molecule has 0 fully saturated rings. The van der Waals surface area contributed by atoms with Crippen molar-refractivity contribution >= 4 is 23.4 Å². The molecule has 2 aromatic heterocycles. The third-order valence-corrected chi connectivity index (χ3v) is 2.79. The first-order valence-electron chi connectivity index (χ1n) is 6.01. The molecule has 0 aliphatic carbocycles. The molecule has 2 heterocycles. The lowest BCUT2D eigenvalue weighted by molar-refractivity contribution is 0.253. The lowest BCUT2D eigenvalue weighted by Crippen LogP contribution is -2.41. The van der Waals surface area contributed by atoms with Crippen LogP contribution in [0, 0.1) is 0 Å². The Balaban J connectivity index is 2.22. The van der Waals surface area contributed by atoms with Crippen molar-refractivity contribution in [2.24, 2.45) is 23.2 Å². The summed E-state index contributed by atoms with van der Waals surface area (Å²) in [7, 11) is 0. The fraction of sp³-hybridized carbons (Fsp3) is 0. The molecule has 4 amide bonds. The van der Waals surface area contributed by atoms with Gasteiger partial charge in [0, 0.05) is 0 Å². The number of pyridine rings is 2. The number of anilines is 2. The number of urea groups is 2. The molecule has 10 heteroatoms. The van der Waals surface area contributed by atoms with Gasteiger partial charge in [-0.25, -0.2) is 31.3 Å². The van der Waals surface area contributed by atoms with E-state index in [0.29, 0.717) is 22.8 Å². The van der Waals surface area contributed by atoms with Gasteiger partial charge in [-0.2, -0.15) is 0 Å². The van der Waals surface area contributed by atoms with E-state index in [4.69, 9.17) is 23.2 Å². The summed E-state index contributed by atoms with van der Waals surface area (Å²) in [5.74, 6) is 10.9. The first kappa shape index (κ1) is 15.2. The standard InChI is InChI=1S/C12H14N8O2/c13-11(21)19(15)7-1-3-9(17-5-7)10-4-2-8(6-18-10)20(16)12(14)22/h1-6H,15-16H2,(H2,13,21)(H2,14,22). The minimum atomic E-state index is -0.800. The molecule has 0 aliphatic rings. The van der Waals surface area contributed by atoms with Gasteiger partial charge in [0.25, 0.3) is 0 Å². The minimum Gasteiger partial charge on any atom is -0.350 e. The summed E-state index contributed by atoms with van der Waals surface area (Å²) in [5, 5.41) is 1.54. The van der Waals surface area contributed by atoms with Gasteiger partial charge in [0.1, 0.15) is 0 Å². The summed E-state index contributed by atoms with van der Waals surface area (Å²) < 4.78 is 0. The zero-order valence-corrected chi connectivity index (χ0v) is 11.4. The van der Waals surface area contributed by atoms with Crippen molar-refractivity contribution in [3.8, 4) is 11.4 Å². The van der Waals surface area contributed by atoms with Crippen LogP contribution in [-0.2, 0) is 0 Å². The van der Waals surface area contributed by atoms with Crippen LogP contribution in [0.15, 0.2) is 36.7 Å². The number of hydrazine groups is 2. The molecule has 22 heavy (non-hydrogen) atoms.